The first-order valence-corrected chi connectivity index (χ1v) is 11.0. The molecule has 0 bridgehead atoms. The standard InChI is InChI=1S/C19H24Cl2N4OS/c1-12(2)10-25-18(15-8-7-13(20)9-16(15)21)23-24-19(25)27-11-17(26)22-14-5-3-4-6-14/h7-9,12,14H,3-6,10-11H2,1-2H3,(H,22,26). The molecule has 1 aliphatic carbocycles. The fraction of sp³-hybridized carbons (Fsp3) is 0.526. The third kappa shape index (κ3) is 5.39. The number of benzene rings is 1. The highest BCUT2D eigenvalue weighted by Gasteiger charge is 2.20. The van der Waals surface area contributed by atoms with Gasteiger partial charge < -0.3 is 9.88 Å². The summed E-state index contributed by atoms with van der Waals surface area (Å²) in [5.41, 5.74) is 0.788. The Bertz CT molecular complexity index is 803. The molecule has 27 heavy (non-hydrogen) atoms. The summed E-state index contributed by atoms with van der Waals surface area (Å²) < 4.78 is 2.04. The summed E-state index contributed by atoms with van der Waals surface area (Å²) in [5.74, 6) is 1.49. The van der Waals surface area contributed by atoms with Crippen molar-refractivity contribution in [1.82, 2.24) is 20.1 Å². The molecule has 8 heteroatoms. The summed E-state index contributed by atoms with van der Waals surface area (Å²) in [4.78, 5) is 12.2. The number of carbonyl (C=O) groups excluding carboxylic acids is 1. The molecule has 1 aromatic carbocycles. The Balaban J connectivity index is 1.76. The van der Waals surface area contributed by atoms with E-state index in [1.54, 1.807) is 12.1 Å². The lowest BCUT2D eigenvalue weighted by molar-refractivity contribution is -0.119. The largest absolute Gasteiger partial charge is 0.353 e. The van der Waals surface area contributed by atoms with Gasteiger partial charge in [0.2, 0.25) is 5.91 Å². The molecule has 146 valence electrons. The van der Waals surface area contributed by atoms with E-state index in [1.807, 2.05) is 10.6 Å². The number of aromatic nitrogens is 3. The topological polar surface area (TPSA) is 59.8 Å². The van der Waals surface area contributed by atoms with Crippen LogP contribution in [-0.4, -0.2) is 32.5 Å². The van der Waals surface area contributed by atoms with Crippen molar-refractivity contribution in [3.8, 4) is 11.4 Å². The molecule has 0 radical (unpaired) electrons. The van der Waals surface area contributed by atoms with Crippen LogP contribution in [0.15, 0.2) is 23.4 Å². The van der Waals surface area contributed by atoms with Crippen molar-refractivity contribution < 1.29 is 4.79 Å². The van der Waals surface area contributed by atoms with Crippen LogP contribution >= 0.6 is 35.0 Å². The SMILES string of the molecule is CC(C)Cn1c(SCC(=O)NC2CCCC2)nnc1-c1ccc(Cl)cc1Cl. The zero-order valence-electron chi connectivity index (χ0n) is 15.5. The molecule has 1 aliphatic rings. The maximum atomic E-state index is 12.2. The number of thioether (sulfide) groups is 1. The average molecular weight is 427 g/mol. The Morgan fingerprint density at radius 2 is 2.04 bits per heavy atom. The fourth-order valence-electron chi connectivity index (χ4n) is 3.26. The van der Waals surface area contributed by atoms with Gasteiger partial charge in [-0.05, 0) is 37.0 Å². The molecule has 3 rings (SSSR count). The smallest absolute Gasteiger partial charge is 0.230 e. The van der Waals surface area contributed by atoms with E-state index >= 15 is 0 Å². The van der Waals surface area contributed by atoms with Crippen LogP contribution in [0.2, 0.25) is 10.0 Å². The van der Waals surface area contributed by atoms with Gasteiger partial charge in [0, 0.05) is 23.2 Å². The van der Waals surface area contributed by atoms with Crippen LogP contribution in [0.4, 0.5) is 0 Å². The third-order valence-corrected chi connectivity index (χ3v) is 6.00. The van der Waals surface area contributed by atoms with Gasteiger partial charge in [-0.2, -0.15) is 0 Å². The first kappa shape index (κ1) is 20.5. The number of nitrogens with zero attached hydrogens (tertiary/aromatic N) is 3. The van der Waals surface area contributed by atoms with E-state index in [-0.39, 0.29) is 5.91 Å². The van der Waals surface area contributed by atoms with Crippen molar-refractivity contribution in [2.45, 2.75) is 57.3 Å². The van der Waals surface area contributed by atoms with Crippen LogP contribution in [0.1, 0.15) is 39.5 Å². The number of carbonyl (C=O) groups is 1. The molecular formula is C19H24Cl2N4OS. The predicted molar refractivity (Wildman–Crippen MR) is 111 cm³/mol. The summed E-state index contributed by atoms with van der Waals surface area (Å²) in [6.45, 7) is 5.01. The Morgan fingerprint density at radius 3 is 2.70 bits per heavy atom. The van der Waals surface area contributed by atoms with Crippen LogP contribution < -0.4 is 5.32 Å². The van der Waals surface area contributed by atoms with E-state index in [2.05, 4.69) is 29.4 Å². The Morgan fingerprint density at radius 1 is 1.30 bits per heavy atom. The molecule has 5 nitrogen and oxygen atoms in total. The number of nitrogens with one attached hydrogen (secondary N) is 1. The minimum atomic E-state index is 0.0528. The van der Waals surface area contributed by atoms with Crippen molar-refractivity contribution in [3.05, 3.63) is 28.2 Å². The average Bonchev–Trinajstić information content (AvgIpc) is 3.23. The van der Waals surface area contributed by atoms with E-state index in [4.69, 9.17) is 23.2 Å². The minimum absolute atomic E-state index is 0.0528. The molecule has 1 saturated carbocycles. The molecule has 1 fully saturated rings. The molecule has 1 heterocycles. The van der Waals surface area contributed by atoms with Gasteiger partial charge in [0.25, 0.3) is 0 Å². The summed E-state index contributed by atoms with van der Waals surface area (Å²) in [7, 11) is 0. The van der Waals surface area contributed by atoms with Gasteiger partial charge in [-0.15, -0.1) is 10.2 Å². The monoisotopic (exact) mass is 426 g/mol. The molecule has 0 unspecified atom stereocenters. The van der Waals surface area contributed by atoms with Crippen molar-refractivity contribution in [2.75, 3.05) is 5.75 Å². The van der Waals surface area contributed by atoms with Crippen LogP contribution in [0.3, 0.4) is 0 Å². The lowest BCUT2D eigenvalue weighted by Crippen LogP contribution is -2.33. The highest BCUT2D eigenvalue weighted by Crippen LogP contribution is 2.32. The molecule has 0 saturated heterocycles. The number of halogens is 2. The van der Waals surface area contributed by atoms with E-state index in [0.29, 0.717) is 33.6 Å². The predicted octanol–water partition coefficient (Wildman–Crippen LogP) is 5.06. The summed E-state index contributed by atoms with van der Waals surface area (Å²) in [6, 6.07) is 5.68. The van der Waals surface area contributed by atoms with E-state index in [0.717, 1.165) is 30.1 Å². The third-order valence-electron chi connectivity index (χ3n) is 4.49. The highest BCUT2D eigenvalue weighted by atomic mass is 35.5. The molecule has 1 N–H and O–H groups in total. The molecular weight excluding hydrogens is 403 g/mol. The van der Waals surface area contributed by atoms with Crippen LogP contribution in [-0.2, 0) is 11.3 Å². The minimum Gasteiger partial charge on any atom is -0.353 e. The van der Waals surface area contributed by atoms with Gasteiger partial charge in [0.15, 0.2) is 11.0 Å². The second-order valence-electron chi connectivity index (χ2n) is 7.27. The summed E-state index contributed by atoms with van der Waals surface area (Å²) >= 11 is 13.8. The number of hydrogen-bond donors (Lipinski definition) is 1. The Kier molecular flexibility index (Phi) is 7.06. The number of rotatable bonds is 7. The van der Waals surface area contributed by atoms with Gasteiger partial charge in [0.1, 0.15) is 0 Å². The second-order valence-corrected chi connectivity index (χ2v) is 9.06. The van der Waals surface area contributed by atoms with Crippen molar-refractivity contribution in [1.29, 1.82) is 0 Å². The van der Waals surface area contributed by atoms with Crippen LogP contribution in [0, 0.1) is 5.92 Å². The fourth-order valence-corrected chi connectivity index (χ4v) is 4.52. The van der Waals surface area contributed by atoms with Gasteiger partial charge in [-0.3, -0.25) is 4.79 Å². The number of amides is 1. The van der Waals surface area contributed by atoms with Crippen molar-refractivity contribution >= 4 is 40.9 Å². The maximum absolute atomic E-state index is 12.2. The van der Waals surface area contributed by atoms with Gasteiger partial charge in [-0.25, -0.2) is 0 Å². The molecule has 1 aromatic heterocycles. The number of hydrogen-bond acceptors (Lipinski definition) is 4. The second kappa shape index (κ2) is 9.30. The molecule has 2 aromatic rings. The van der Waals surface area contributed by atoms with E-state index in [1.165, 1.54) is 24.6 Å². The van der Waals surface area contributed by atoms with Gasteiger partial charge in [-0.1, -0.05) is 61.7 Å². The molecule has 1 amide bonds. The molecule has 0 spiro atoms. The van der Waals surface area contributed by atoms with Gasteiger partial charge >= 0.3 is 0 Å². The van der Waals surface area contributed by atoms with E-state index < -0.39 is 0 Å². The highest BCUT2D eigenvalue weighted by molar-refractivity contribution is 7.99. The van der Waals surface area contributed by atoms with Crippen LogP contribution in [0.5, 0.6) is 0 Å². The van der Waals surface area contributed by atoms with E-state index in [9.17, 15) is 4.79 Å². The normalized spacial score (nSPS) is 14.9. The molecule has 0 aliphatic heterocycles. The zero-order valence-corrected chi connectivity index (χ0v) is 17.9. The first-order chi connectivity index (χ1) is 12.9. The molecule has 0 atom stereocenters. The van der Waals surface area contributed by atoms with Crippen molar-refractivity contribution in [3.63, 3.8) is 0 Å². The maximum Gasteiger partial charge on any atom is 0.230 e. The summed E-state index contributed by atoms with van der Waals surface area (Å²) in [6.07, 6.45) is 4.57. The van der Waals surface area contributed by atoms with Gasteiger partial charge in [0.05, 0.1) is 10.8 Å². The quantitative estimate of drug-likeness (QED) is 0.628. The summed E-state index contributed by atoms with van der Waals surface area (Å²) in [5, 5.41) is 13.6. The lowest BCUT2D eigenvalue weighted by atomic mass is 10.2. The lowest BCUT2D eigenvalue weighted by Gasteiger charge is -2.14. The van der Waals surface area contributed by atoms with Crippen molar-refractivity contribution in [2.24, 2.45) is 5.92 Å². The first-order valence-electron chi connectivity index (χ1n) is 9.25. The Hall–Kier alpha value is -1.24. The Labute approximate surface area is 174 Å². The van der Waals surface area contributed by atoms with Crippen LogP contribution in [0.25, 0.3) is 11.4 Å². The zero-order chi connectivity index (χ0) is 19.4.